The third-order valence-electron chi connectivity index (χ3n) is 2.86. The van der Waals surface area contributed by atoms with Gasteiger partial charge in [0, 0.05) is 0 Å². The number of hydrogen-bond donors (Lipinski definition) is 1. The summed E-state index contributed by atoms with van der Waals surface area (Å²) in [6, 6.07) is 0. The Morgan fingerprint density at radius 2 is 2.29 bits per heavy atom. The maximum atomic E-state index is 11.2. The molecule has 1 N–H and O–H groups in total. The third kappa shape index (κ3) is 2.91. The number of carboxylic acids is 1. The van der Waals surface area contributed by atoms with Gasteiger partial charge in [-0.3, -0.25) is 4.79 Å². The molecule has 2 nitrogen and oxygen atoms in total. The van der Waals surface area contributed by atoms with Crippen LogP contribution in [-0.4, -0.2) is 21.6 Å². The molecule has 1 saturated heterocycles. The molecule has 1 unspecified atom stereocenters. The van der Waals surface area contributed by atoms with Gasteiger partial charge in [-0.2, -0.15) is 0 Å². The lowest BCUT2D eigenvalue weighted by Gasteiger charge is -2.22. The van der Waals surface area contributed by atoms with E-state index in [0.29, 0.717) is 5.92 Å². The summed E-state index contributed by atoms with van der Waals surface area (Å²) in [5, 5.41) is 9.21. The molecule has 0 aromatic carbocycles. The largest absolute Gasteiger partial charge is 0.480 e. The molecule has 1 rings (SSSR count). The van der Waals surface area contributed by atoms with Crippen molar-refractivity contribution in [2.24, 2.45) is 5.92 Å². The van der Waals surface area contributed by atoms with Gasteiger partial charge in [0.2, 0.25) is 0 Å². The number of thioether (sulfide) groups is 1. The van der Waals surface area contributed by atoms with Crippen LogP contribution in [-0.2, 0) is 4.79 Å². The predicted octanol–water partition coefficient (Wildman–Crippen LogP) is 3.16. The second-order valence-corrected chi connectivity index (χ2v) is 6.02. The molecule has 82 valence electrons. The smallest absolute Gasteiger partial charge is 0.319 e. The minimum atomic E-state index is -0.594. The van der Waals surface area contributed by atoms with E-state index in [0.717, 1.165) is 37.9 Å². The van der Waals surface area contributed by atoms with Crippen molar-refractivity contribution in [3.05, 3.63) is 0 Å². The molecule has 0 radical (unpaired) electrons. The van der Waals surface area contributed by atoms with Gasteiger partial charge in [0.15, 0.2) is 0 Å². The number of hydrogen-bond acceptors (Lipinski definition) is 2. The third-order valence-corrected chi connectivity index (χ3v) is 4.48. The highest BCUT2D eigenvalue weighted by Crippen LogP contribution is 2.42. The van der Waals surface area contributed by atoms with E-state index in [1.807, 2.05) is 0 Å². The Morgan fingerprint density at radius 3 is 2.71 bits per heavy atom. The fraction of sp³-hybridized carbons (Fsp3) is 0.909. The first kappa shape index (κ1) is 11.9. The SMILES string of the molecule is CC(C)CCCC1(C(=O)O)CCCS1. The Labute approximate surface area is 90.5 Å². The highest BCUT2D eigenvalue weighted by Gasteiger charge is 2.41. The highest BCUT2D eigenvalue weighted by atomic mass is 32.2. The minimum absolute atomic E-state index is 0.436. The number of carbonyl (C=O) groups is 1. The quantitative estimate of drug-likeness (QED) is 0.767. The van der Waals surface area contributed by atoms with Crippen LogP contribution in [0, 0.1) is 5.92 Å². The Kier molecular flexibility index (Phi) is 4.30. The lowest BCUT2D eigenvalue weighted by atomic mass is 9.94. The summed E-state index contributed by atoms with van der Waals surface area (Å²) in [5.74, 6) is 1.12. The molecular weight excluding hydrogens is 196 g/mol. The summed E-state index contributed by atoms with van der Waals surface area (Å²) in [5.41, 5.74) is 0. The van der Waals surface area contributed by atoms with E-state index in [-0.39, 0.29) is 0 Å². The van der Waals surface area contributed by atoms with E-state index in [1.165, 1.54) is 0 Å². The van der Waals surface area contributed by atoms with Crippen molar-refractivity contribution in [1.82, 2.24) is 0 Å². The molecule has 0 spiro atoms. The molecule has 0 aromatic rings. The van der Waals surface area contributed by atoms with Gasteiger partial charge in [0.05, 0.1) is 0 Å². The maximum Gasteiger partial charge on any atom is 0.319 e. The summed E-state index contributed by atoms with van der Waals surface area (Å²) >= 11 is 1.65. The molecule has 1 aliphatic heterocycles. The molecule has 3 heteroatoms. The van der Waals surface area contributed by atoms with E-state index in [2.05, 4.69) is 13.8 Å². The van der Waals surface area contributed by atoms with E-state index in [1.54, 1.807) is 11.8 Å². The summed E-state index contributed by atoms with van der Waals surface area (Å²) in [4.78, 5) is 11.2. The molecule has 0 aromatic heterocycles. The fourth-order valence-electron chi connectivity index (χ4n) is 1.97. The number of carboxylic acid groups (broad SMARTS) is 1. The lowest BCUT2D eigenvalue weighted by Crippen LogP contribution is -2.32. The normalized spacial score (nSPS) is 27.1. The fourth-order valence-corrected chi connectivity index (χ4v) is 3.35. The second-order valence-electron chi connectivity index (χ2n) is 4.54. The van der Waals surface area contributed by atoms with Crippen molar-refractivity contribution < 1.29 is 9.90 Å². The topological polar surface area (TPSA) is 37.3 Å². The van der Waals surface area contributed by atoms with Gasteiger partial charge in [-0.25, -0.2) is 0 Å². The van der Waals surface area contributed by atoms with Gasteiger partial charge in [-0.05, 0) is 30.9 Å². The van der Waals surface area contributed by atoms with Crippen LogP contribution < -0.4 is 0 Å². The van der Waals surface area contributed by atoms with Crippen molar-refractivity contribution in [2.75, 3.05) is 5.75 Å². The molecule has 1 heterocycles. The van der Waals surface area contributed by atoms with Gasteiger partial charge in [-0.15, -0.1) is 11.8 Å². The van der Waals surface area contributed by atoms with Gasteiger partial charge in [0.25, 0.3) is 0 Å². The molecule has 1 atom stereocenters. The molecule has 0 aliphatic carbocycles. The highest BCUT2D eigenvalue weighted by molar-refractivity contribution is 8.01. The zero-order chi connectivity index (χ0) is 10.6. The van der Waals surface area contributed by atoms with Crippen LogP contribution in [0.15, 0.2) is 0 Å². The predicted molar refractivity (Wildman–Crippen MR) is 60.7 cm³/mol. The Balaban J connectivity index is 2.40. The molecule has 1 fully saturated rings. The van der Waals surface area contributed by atoms with Crippen LogP contribution in [0.1, 0.15) is 46.0 Å². The van der Waals surface area contributed by atoms with E-state index in [9.17, 15) is 9.90 Å². The summed E-state index contributed by atoms with van der Waals surface area (Å²) < 4.78 is -0.436. The second kappa shape index (κ2) is 5.06. The van der Waals surface area contributed by atoms with Gasteiger partial charge >= 0.3 is 5.97 Å². The van der Waals surface area contributed by atoms with Crippen LogP contribution in [0.2, 0.25) is 0 Å². The van der Waals surface area contributed by atoms with Crippen molar-refractivity contribution in [2.45, 2.75) is 50.7 Å². The molecule has 0 saturated carbocycles. The molecule has 0 bridgehead atoms. The first-order valence-corrected chi connectivity index (χ1v) is 6.43. The summed E-state index contributed by atoms with van der Waals surface area (Å²) in [6.07, 6.45) is 4.99. The number of rotatable bonds is 5. The van der Waals surface area contributed by atoms with Crippen LogP contribution in [0.4, 0.5) is 0 Å². The first-order chi connectivity index (χ1) is 6.57. The molecule has 14 heavy (non-hydrogen) atoms. The summed E-state index contributed by atoms with van der Waals surface area (Å²) in [7, 11) is 0. The average Bonchev–Trinajstić information content (AvgIpc) is 2.53. The standard InChI is InChI=1S/C11H20O2S/c1-9(2)5-3-6-11(10(12)13)7-4-8-14-11/h9H,3-8H2,1-2H3,(H,12,13). The van der Waals surface area contributed by atoms with Crippen molar-refractivity contribution in [3.8, 4) is 0 Å². The zero-order valence-corrected chi connectivity index (χ0v) is 9.90. The molecular formula is C11H20O2S. The maximum absolute atomic E-state index is 11.2. The minimum Gasteiger partial charge on any atom is -0.480 e. The van der Waals surface area contributed by atoms with Crippen molar-refractivity contribution >= 4 is 17.7 Å². The van der Waals surface area contributed by atoms with Crippen LogP contribution in [0.25, 0.3) is 0 Å². The van der Waals surface area contributed by atoms with Crippen molar-refractivity contribution in [1.29, 1.82) is 0 Å². The Bertz CT molecular complexity index is 195. The van der Waals surface area contributed by atoms with Crippen LogP contribution in [0.3, 0.4) is 0 Å². The van der Waals surface area contributed by atoms with E-state index in [4.69, 9.17) is 0 Å². The van der Waals surface area contributed by atoms with E-state index >= 15 is 0 Å². The van der Waals surface area contributed by atoms with Crippen molar-refractivity contribution in [3.63, 3.8) is 0 Å². The lowest BCUT2D eigenvalue weighted by molar-refractivity contribution is -0.140. The van der Waals surface area contributed by atoms with Gasteiger partial charge in [-0.1, -0.05) is 26.7 Å². The zero-order valence-electron chi connectivity index (χ0n) is 9.08. The van der Waals surface area contributed by atoms with Gasteiger partial charge in [0.1, 0.15) is 4.75 Å². The molecule has 0 amide bonds. The van der Waals surface area contributed by atoms with E-state index < -0.39 is 10.7 Å². The number of aliphatic carboxylic acids is 1. The Hall–Kier alpha value is -0.180. The average molecular weight is 216 g/mol. The first-order valence-electron chi connectivity index (χ1n) is 5.44. The van der Waals surface area contributed by atoms with Crippen LogP contribution in [0.5, 0.6) is 0 Å². The molecule has 1 aliphatic rings. The monoisotopic (exact) mass is 216 g/mol. The van der Waals surface area contributed by atoms with Crippen LogP contribution >= 0.6 is 11.8 Å². The Morgan fingerprint density at radius 1 is 1.57 bits per heavy atom. The van der Waals surface area contributed by atoms with Gasteiger partial charge < -0.3 is 5.11 Å². The summed E-state index contributed by atoms with van der Waals surface area (Å²) in [6.45, 7) is 4.38.